The molecular formula is C22H22ClN7. The fraction of sp³-hybridized carbons (Fsp3) is 0.273. The van der Waals surface area contributed by atoms with Gasteiger partial charge in [-0.05, 0) is 50.1 Å². The molecule has 3 heterocycles. The number of anilines is 1. The summed E-state index contributed by atoms with van der Waals surface area (Å²) in [7, 11) is 2.01. The summed E-state index contributed by atoms with van der Waals surface area (Å²) < 4.78 is 4.06. The lowest BCUT2D eigenvalue weighted by atomic mass is 10.2. The first-order chi connectivity index (χ1) is 14.6. The standard InChI is InChI=1S/C22H22ClN7/c1-15(20-13-29(14-25-20)19-5-3-4-17(23)12-19)30(18-6-7-18)22-27-26-21(28(22)2)16-8-10-24-11-9-16/h3-5,8-15,18H,6-7H2,1-2H3. The fourth-order valence-electron chi connectivity index (χ4n) is 3.78. The van der Waals surface area contributed by atoms with Gasteiger partial charge in [0, 0.05) is 48.0 Å². The van der Waals surface area contributed by atoms with Crippen LogP contribution in [0.25, 0.3) is 17.1 Å². The predicted molar refractivity (Wildman–Crippen MR) is 117 cm³/mol. The number of benzene rings is 1. The van der Waals surface area contributed by atoms with Crippen LogP contribution in [0.2, 0.25) is 5.02 Å². The van der Waals surface area contributed by atoms with E-state index in [1.165, 1.54) is 0 Å². The van der Waals surface area contributed by atoms with Crippen molar-refractivity contribution in [2.24, 2.45) is 7.05 Å². The number of rotatable bonds is 6. The lowest BCUT2D eigenvalue weighted by Crippen LogP contribution is -2.31. The van der Waals surface area contributed by atoms with Crippen LogP contribution in [0.3, 0.4) is 0 Å². The van der Waals surface area contributed by atoms with Gasteiger partial charge in [-0.15, -0.1) is 10.2 Å². The number of halogens is 1. The molecule has 4 aromatic rings. The molecule has 0 saturated heterocycles. The van der Waals surface area contributed by atoms with Crippen molar-refractivity contribution in [1.82, 2.24) is 29.3 Å². The summed E-state index contributed by atoms with van der Waals surface area (Å²) in [5, 5.41) is 9.71. The Labute approximate surface area is 180 Å². The smallest absolute Gasteiger partial charge is 0.228 e. The second-order valence-corrected chi connectivity index (χ2v) is 8.06. The number of nitrogens with zero attached hydrogens (tertiary/aromatic N) is 7. The molecule has 0 spiro atoms. The molecule has 3 aromatic heterocycles. The van der Waals surface area contributed by atoms with Crippen LogP contribution in [-0.2, 0) is 7.05 Å². The maximum absolute atomic E-state index is 6.15. The monoisotopic (exact) mass is 419 g/mol. The van der Waals surface area contributed by atoms with Crippen molar-refractivity contribution >= 4 is 17.5 Å². The number of aromatic nitrogens is 6. The van der Waals surface area contributed by atoms with E-state index in [-0.39, 0.29) is 6.04 Å². The van der Waals surface area contributed by atoms with Gasteiger partial charge in [0.1, 0.15) is 0 Å². The van der Waals surface area contributed by atoms with Gasteiger partial charge in [0.25, 0.3) is 0 Å². The van der Waals surface area contributed by atoms with Crippen molar-refractivity contribution in [2.45, 2.75) is 31.8 Å². The number of imidazole rings is 1. The highest BCUT2D eigenvalue weighted by molar-refractivity contribution is 6.30. The van der Waals surface area contributed by atoms with Gasteiger partial charge in [0.2, 0.25) is 5.95 Å². The van der Waals surface area contributed by atoms with E-state index in [9.17, 15) is 0 Å². The van der Waals surface area contributed by atoms with E-state index in [0.29, 0.717) is 11.1 Å². The summed E-state index contributed by atoms with van der Waals surface area (Å²) in [5.74, 6) is 1.68. The summed E-state index contributed by atoms with van der Waals surface area (Å²) in [6, 6.07) is 12.2. The predicted octanol–water partition coefficient (Wildman–Crippen LogP) is 4.45. The van der Waals surface area contributed by atoms with Gasteiger partial charge in [-0.3, -0.25) is 9.55 Å². The number of pyridine rings is 1. The fourth-order valence-corrected chi connectivity index (χ4v) is 3.96. The minimum absolute atomic E-state index is 0.0612. The molecule has 5 rings (SSSR count). The summed E-state index contributed by atoms with van der Waals surface area (Å²) in [6.07, 6.45) is 9.74. The highest BCUT2D eigenvalue weighted by atomic mass is 35.5. The summed E-state index contributed by atoms with van der Waals surface area (Å²) in [4.78, 5) is 11.1. The lowest BCUT2D eigenvalue weighted by Gasteiger charge is -2.28. The Morgan fingerprint density at radius 1 is 1.13 bits per heavy atom. The van der Waals surface area contributed by atoms with Crippen molar-refractivity contribution in [1.29, 1.82) is 0 Å². The van der Waals surface area contributed by atoms with Crippen LogP contribution in [0, 0.1) is 0 Å². The molecule has 0 aliphatic heterocycles. The minimum Gasteiger partial charge on any atom is -0.330 e. The van der Waals surface area contributed by atoms with E-state index < -0.39 is 0 Å². The molecule has 1 aliphatic carbocycles. The van der Waals surface area contributed by atoms with Crippen LogP contribution in [0.5, 0.6) is 0 Å². The summed E-state index contributed by atoms with van der Waals surface area (Å²) in [5.41, 5.74) is 2.97. The molecule has 8 heteroatoms. The Bertz CT molecular complexity index is 1160. The molecule has 0 N–H and O–H groups in total. The van der Waals surface area contributed by atoms with Gasteiger partial charge >= 0.3 is 0 Å². The summed E-state index contributed by atoms with van der Waals surface area (Å²) in [6.45, 7) is 2.17. The Balaban J connectivity index is 1.47. The third kappa shape index (κ3) is 3.45. The van der Waals surface area contributed by atoms with Crippen molar-refractivity contribution in [3.63, 3.8) is 0 Å². The molecule has 1 unspecified atom stereocenters. The molecule has 1 atom stereocenters. The Kier molecular flexibility index (Phi) is 4.75. The molecule has 7 nitrogen and oxygen atoms in total. The van der Waals surface area contributed by atoms with E-state index >= 15 is 0 Å². The Morgan fingerprint density at radius 2 is 1.93 bits per heavy atom. The molecule has 30 heavy (non-hydrogen) atoms. The van der Waals surface area contributed by atoms with E-state index in [1.807, 2.05) is 54.3 Å². The minimum atomic E-state index is 0.0612. The SMILES string of the molecule is CC(c1cn(-c2cccc(Cl)c2)cn1)N(c1nnc(-c2ccncc2)n1C)C1CC1. The molecule has 1 saturated carbocycles. The van der Waals surface area contributed by atoms with Gasteiger partial charge in [0.15, 0.2) is 5.82 Å². The van der Waals surface area contributed by atoms with Crippen LogP contribution < -0.4 is 4.90 Å². The Morgan fingerprint density at radius 3 is 2.67 bits per heavy atom. The highest BCUT2D eigenvalue weighted by Crippen LogP contribution is 2.38. The normalized spacial score (nSPS) is 14.6. The van der Waals surface area contributed by atoms with Crippen molar-refractivity contribution < 1.29 is 0 Å². The van der Waals surface area contributed by atoms with Gasteiger partial charge < -0.3 is 9.47 Å². The van der Waals surface area contributed by atoms with E-state index in [2.05, 4.69) is 42.8 Å². The molecule has 1 fully saturated rings. The first-order valence-corrected chi connectivity index (χ1v) is 10.4. The van der Waals surface area contributed by atoms with E-state index in [4.69, 9.17) is 11.6 Å². The van der Waals surface area contributed by atoms with Crippen molar-refractivity contribution in [2.75, 3.05) is 4.90 Å². The van der Waals surface area contributed by atoms with Gasteiger partial charge in [-0.1, -0.05) is 17.7 Å². The maximum atomic E-state index is 6.15. The first-order valence-electron chi connectivity index (χ1n) is 10.00. The Hall–Kier alpha value is -3.19. The molecule has 0 bridgehead atoms. The highest BCUT2D eigenvalue weighted by Gasteiger charge is 2.36. The molecule has 152 valence electrons. The topological polar surface area (TPSA) is 64.7 Å². The molecular weight excluding hydrogens is 398 g/mol. The van der Waals surface area contributed by atoms with Crippen molar-refractivity contribution in [3.05, 3.63) is 72.0 Å². The molecule has 1 aliphatic rings. The van der Waals surface area contributed by atoms with Crippen LogP contribution in [0.15, 0.2) is 61.3 Å². The number of hydrogen-bond acceptors (Lipinski definition) is 5. The zero-order valence-electron chi connectivity index (χ0n) is 16.9. The van der Waals surface area contributed by atoms with Gasteiger partial charge in [0.05, 0.1) is 18.1 Å². The zero-order chi connectivity index (χ0) is 20.7. The average molecular weight is 420 g/mol. The molecule has 0 radical (unpaired) electrons. The third-order valence-corrected chi connectivity index (χ3v) is 5.75. The summed E-state index contributed by atoms with van der Waals surface area (Å²) >= 11 is 6.15. The first kappa shape index (κ1) is 18.8. The van der Waals surface area contributed by atoms with Crippen LogP contribution in [-0.4, -0.2) is 35.3 Å². The van der Waals surface area contributed by atoms with Gasteiger partial charge in [-0.2, -0.15) is 0 Å². The van der Waals surface area contributed by atoms with Crippen LogP contribution in [0.4, 0.5) is 5.95 Å². The second-order valence-electron chi connectivity index (χ2n) is 7.62. The van der Waals surface area contributed by atoms with Crippen LogP contribution >= 0.6 is 11.6 Å². The van der Waals surface area contributed by atoms with Crippen molar-refractivity contribution in [3.8, 4) is 17.1 Å². The third-order valence-electron chi connectivity index (χ3n) is 5.52. The maximum Gasteiger partial charge on any atom is 0.228 e. The largest absolute Gasteiger partial charge is 0.330 e. The molecule has 0 amide bonds. The van der Waals surface area contributed by atoms with Gasteiger partial charge in [-0.25, -0.2) is 4.98 Å². The van der Waals surface area contributed by atoms with E-state index in [0.717, 1.165) is 41.6 Å². The zero-order valence-corrected chi connectivity index (χ0v) is 17.6. The molecule has 1 aromatic carbocycles. The number of hydrogen-bond donors (Lipinski definition) is 0. The lowest BCUT2D eigenvalue weighted by molar-refractivity contribution is 0.618. The van der Waals surface area contributed by atoms with E-state index in [1.54, 1.807) is 12.4 Å². The van der Waals surface area contributed by atoms with Crippen LogP contribution in [0.1, 0.15) is 31.5 Å². The average Bonchev–Trinajstić information content (AvgIpc) is 3.34. The second kappa shape index (κ2) is 7.57. The quantitative estimate of drug-likeness (QED) is 0.462.